The Morgan fingerprint density at radius 3 is 2.57 bits per heavy atom. The molecule has 0 bridgehead atoms. The van der Waals surface area contributed by atoms with E-state index in [0.717, 1.165) is 65.7 Å². The van der Waals surface area contributed by atoms with Crippen molar-refractivity contribution < 1.29 is 8.78 Å². The lowest BCUT2D eigenvalue weighted by molar-refractivity contribution is 0.0667. The van der Waals surface area contributed by atoms with Crippen LogP contribution in [0.15, 0.2) is 81.7 Å². The van der Waals surface area contributed by atoms with Crippen molar-refractivity contribution in [2.45, 2.75) is 64.3 Å². The van der Waals surface area contributed by atoms with E-state index in [0.29, 0.717) is 36.9 Å². The second-order valence-electron chi connectivity index (χ2n) is 10.7. The van der Waals surface area contributed by atoms with Gasteiger partial charge in [-0.05, 0) is 86.5 Å². The first-order chi connectivity index (χ1) is 20.2. The molecule has 1 aromatic heterocycles. The summed E-state index contributed by atoms with van der Waals surface area (Å²) in [6, 6.07) is 0.146. The number of piperidine rings is 1. The molecule has 1 aliphatic heterocycles. The minimum atomic E-state index is -2.32. The molecule has 7 nitrogen and oxygen atoms in total. The highest BCUT2D eigenvalue weighted by atomic mass is 31.0. The van der Waals surface area contributed by atoms with Crippen LogP contribution in [0.4, 0.5) is 14.5 Å². The number of nitrogens with one attached hydrogen (secondary N) is 1. The molecule has 2 heterocycles. The Bertz CT molecular complexity index is 1240. The third-order valence-electron chi connectivity index (χ3n) is 7.60. The molecule has 1 unspecified atom stereocenters. The largest absolute Gasteiger partial charge is 0.405 e. The van der Waals surface area contributed by atoms with Gasteiger partial charge in [0, 0.05) is 49.3 Å². The predicted octanol–water partition coefficient (Wildman–Crippen LogP) is 6.27. The number of nitrogens with two attached hydrogens (primary N) is 1. The lowest BCUT2D eigenvalue weighted by Crippen LogP contribution is -2.47. The predicted molar refractivity (Wildman–Crippen MR) is 176 cm³/mol. The van der Waals surface area contributed by atoms with Crippen molar-refractivity contribution in [3.63, 3.8) is 0 Å². The number of amidine groups is 1. The maximum absolute atomic E-state index is 13.0. The zero-order chi connectivity index (χ0) is 30.6. The Balaban J connectivity index is 1.96. The van der Waals surface area contributed by atoms with Crippen molar-refractivity contribution in [1.82, 2.24) is 20.1 Å². The molecule has 1 aliphatic carbocycles. The van der Waals surface area contributed by atoms with E-state index in [1.165, 1.54) is 6.20 Å². The minimum Gasteiger partial charge on any atom is -0.405 e. The number of halogens is 2. The summed E-state index contributed by atoms with van der Waals surface area (Å²) in [4.78, 5) is 18.0. The number of rotatable bonds is 14. The van der Waals surface area contributed by atoms with Gasteiger partial charge in [-0.25, -0.2) is 8.78 Å². The Hall–Kier alpha value is -3.16. The van der Waals surface area contributed by atoms with Gasteiger partial charge >= 0.3 is 0 Å². The lowest BCUT2D eigenvalue weighted by Gasteiger charge is -2.38. The highest BCUT2D eigenvalue weighted by molar-refractivity contribution is 7.23. The third-order valence-corrected chi connectivity index (χ3v) is 8.15. The molecule has 0 radical (unpaired) electrons. The number of allylic oxidation sites excluding steroid dienone is 4. The molecule has 2 aliphatic rings. The molecule has 3 rings (SSSR count). The number of aromatic nitrogens is 1. The SMILES string of the molecule is C=Nc1cncc(C2CC2)c1C(=NCC(/C=C\N)=C/C(=C)NC(=C/C)/C(P)=C\CC)N(C)C1CCN(CC(F)F)CC1. The molecule has 1 saturated carbocycles. The smallest absolute Gasteiger partial charge is 0.251 e. The molecular weight excluding hydrogens is 551 g/mol. The van der Waals surface area contributed by atoms with Gasteiger partial charge in [0.15, 0.2) is 0 Å². The summed E-state index contributed by atoms with van der Waals surface area (Å²) in [7, 11) is 4.80. The van der Waals surface area contributed by atoms with Crippen molar-refractivity contribution in [1.29, 1.82) is 0 Å². The van der Waals surface area contributed by atoms with E-state index in [4.69, 9.17) is 10.7 Å². The van der Waals surface area contributed by atoms with Gasteiger partial charge in [-0.1, -0.05) is 25.7 Å². The van der Waals surface area contributed by atoms with Crippen LogP contribution >= 0.6 is 9.24 Å². The minimum absolute atomic E-state index is 0.146. The van der Waals surface area contributed by atoms with E-state index < -0.39 is 6.43 Å². The molecule has 228 valence electrons. The molecule has 3 N–H and O–H groups in total. The van der Waals surface area contributed by atoms with Crippen molar-refractivity contribution in [2.24, 2.45) is 15.7 Å². The zero-order valence-corrected chi connectivity index (χ0v) is 26.4. The first kappa shape index (κ1) is 33.3. The highest BCUT2D eigenvalue weighted by Gasteiger charge is 2.33. The number of nitrogens with zero attached hydrogens (tertiary/aromatic N) is 5. The second kappa shape index (κ2) is 16.5. The summed E-state index contributed by atoms with van der Waals surface area (Å²) < 4.78 is 26.0. The van der Waals surface area contributed by atoms with Crippen LogP contribution in [0.2, 0.25) is 0 Å². The molecule has 0 aromatic carbocycles. The van der Waals surface area contributed by atoms with E-state index in [2.05, 4.69) is 55.7 Å². The molecule has 1 aromatic rings. The molecule has 10 heteroatoms. The maximum atomic E-state index is 13.0. The standard InChI is InChI=1S/C32H46F2N7P/c1-6-8-29(42)27(7-2)39-22(3)17-23(11-14-35)18-38-32(31-26(24-9-10-24)19-37-20-28(31)36-4)40(5)25-12-15-41(16-13-25)21-30(33)34/h7-8,11,14,17,19-20,24-25,30,39H,3-4,6,9-10,12-13,15-16,18,21,35,42H2,1-2,5H3/b14-11-,23-17+,27-7+,29-8+,38-32?. The molecule has 42 heavy (non-hydrogen) atoms. The van der Waals surface area contributed by atoms with Gasteiger partial charge in [0.05, 0.1) is 25.0 Å². The quantitative estimate of drug-likeness (QED) is 0.114. The number of aliphatic imine (C=N–C) groups is 2. The number of hydrogen-bond acceptors (Lipinski definition) is 6. The Morgan fingerprint density at radius 2 is 2.00 bits per heavy atom. The number of hydrogen-bond donors (Lipinski definition) is 2. The Kier molecular flexibility index (Phi) is 13.1. The molecule has 1 atom stereocenters. The molecule has 1 saturated heterocycles. The maximum Gasteiger partial charge on any atom is 0.251 e. The van der Waals surface area contributed by atoms with E-state index >= 15 is 0 Å². The first-order valence-electron chi connectivity index (χ1n) is 14.6. The molecule has 2 fully saturated rings. The highest BCUT2D eigenvalue weighted by Crippen LogP contribution is 2.44. The Morgan fingerprint density at radius 1 is 1.29 bits per heavy atom. The van der Waals surface area contributed by atoms with Gasteiger partial charge in [-0.15, -0.1) is 9.24 Å². The summed E-state index contributed by atoms with van der Waals surface area (Å²) in [5, 5.41) is 4.45. The molecule has 0 amide bonds. The fourth-order valence-corrected chi connectivity index (χ4v) is 5.74. The third kappa shape index (κ3) is 9.43. The van der Waals surface area contributed by atoms with Crippen LogP contribution in [-0.2, 0) is 0 Å². The summed E-state index contributed by atoms with van der Waals surface area (Å²) in [5.41, 5.74) is 11.2. The number of alkyl halides is 2. The van der Waals surface area contributed by atoms with Crippen LogP contribution in [-0.4, -0.2) is 73.0 Å². The van der Waals surface area contributed by atoms with Gasteiger partial charge in [0.25, 0.3) is 6.43 Å². The average molecular weight is 598 g/mol. The van der Waals surface area contributed by atoms with Crippen LogP contribution in [0.5, 0.6) is 0 Å². The topological polar surface area (TPSA) is 82.1 Å². The van der Waals surface area contributed by atoms with Crippen molar-refractivity contribution in [3.8, 4) is 0 Å². The molecule has 0 spiro atoms. The Labute approximate surface area is 252 Å². The van der Waals surface area contributed by atoms with Gasteiger partial charge in [-0.3, -0.25) is 19.9 Å². The van der Waals surface area contributed by atoms with Crippen LogP contribution in [0.3, 0.4) is 0 Å². The van der Waals surface area contributed by atoms with E-state index in [9.17, 15) is 8.78 Å². The zero-order valence-electron chi connectivity index (χ0n) is 25.2. The van der Waals surface area contributed by atoms with Crippen molar-refractivity contribution >= 4 is 27.5 Å². The number of likely N-dealkylation sites (tertiary alicyclic amines) is 1. The van der Waals surface area contributed by atoms with Crippen molar-refractivity contribution in [3.05, 3.63) is 82.9 Å². The lowest BCUT2D eigenvalue weighted by atomic mass is 9.99. The van der Waals surface area contributed by atoms with Gasteiger partial charge in [0.1, 0.15) is 5.84 Å². The average Bonchev–Trinajstić information content (AvgIpc) is 3.81. The van der Waals surface area contributed by atoms with Crippen molar-refractivity contribution in [2.75, 3.05) is 33.2 Å². The van der Waals surface area contributed by atoms with Gasteiger partial charge in [-0.2, -0.15) is 0 Å². The number of pyridine rings is 1. The first-order valence-corrected chi connectivity index (χ1v) is 15.2. The van der Waals surface area contributed by atoms with E-state index in [1.54, 1.807) is 6.20 Å². The summed E-state index contributed by atoms with van der Waals surface area (Å²) >= 11 is 0. The van der Waals surface area contributed by atoms with Gasteiger partial charge in [0.2, 0.25) is 0 Å². The second-order valence-corrected chi connectivity index (χ2v) is 11.3. The summed E-state index contributed by atoms with van der Waals surface area (Å²) in [5.74, 6) is 1.22. The van der Waals surface area contributed by atoms with E-state index in [1.807, 2.05) is 43.3 Å². The summed E-state index contributed by atoms with van der Waals surface area (Å²) in [6.45, 7) is 13.5. The van der Waals surface area contributed by atoms with Gasteiger partial charge < -0.3 is 16.0 Å². The van der Waals surface area contributed by atoms with Crippen LogP contribution in [0, 0.1) is 0 Å². The van der Waals surface area contributed by atoms with E-state index in [-0.39, 0.29) is 12.6 Å². The summed E-state index contributed by atoms with van der Waals surface area (Å²) in [6.07, 6.45) is 15.4. The van der Waals surface area contributed by atoms with Crippen LogP contribution < -0.4 is 11.1 Å². The normalized spacial score (nSPS) is 18.2. The fourth-order valence-electron chi connectivity index (χ4n) is 5.27. The fraction of sp³-hybridized carbons (Fsp3) is 0.469. The van der Waals surface area contributed by atoms with Crippen LogP contribution in [0.1, 0.15) is 63.0 Å². The monoisotopic (exact) mass is 597 g/mol. The molecular formula is C32H46F2N7P. The van der Waals surface area contributed by atoms with Crippen LogP contribution in [0.25, 0.3) is 0 Å².